The second kappa shape index (κ2) is 14.4. The van der Waals surface area contributed by atoms with Crippen molar-refractivity contribution in [2.24, 2.45) is 22.2 Å². The fourth-order valence-corrected chi connectivity index (χ4v) is 2.68. The number of carboxylic acids is 1. The molecule has 12 nitrogen and oxygen atoms in total. The van der Waals surface area contributed by atoms with Crippen molar-refractivity contribution in [3.05, 3.63) is 0 Å². The average Bonchev–Trinajstić information content (AvgIpc) is 2.67. The number of carbonyl (C=O) groups is 4. The van der Waals surface area contributed by atoms with Crippen LogP contribution in [-0.2, 0) is 19.2 Å². The Morgan fingerprint density at radius 1 is 0.967 bits per heavy atom. The summed E-state index contributed by atoms with van der Waals surface area (Å²) in [5.41, 5.74) is 16.2. The van der Waals surface area contributed by atoms with Gasteiger partial charge in [-0.2, -0.15) is 11.8 Å². The zero-order chi connectivity index (χ0) is 23.3. The van der Waals surface area contributed by atoms with Crippen LogP contribution >= 0.6 is 11.8 Å². The van der Waals surface area contributed by atoms with Gasteiger partial charge in [-0.25, -0.2) is 0 Å². The summed E-state index contributed by atoms with van der Waals surface area (Å²) in [6.07, 6.45) is 2.96. The van der Waals surface area contributed by atoms with Crippen LogP contribution in [0.3, 0.4) is 0 Å². The summed E-state index contributed by atoms with van der Waals surface area (Å²) in [7, 11) is 0. The fraction of sp³-hybridized carbons (Fsp3) is 0.706. The minimum Gasteiger partial charge on any atom is -0.480 e. The van der Waals surface area contributed by atoms with Crippen LogP contribution in [-0.4, -0.2) is 77.5 Å². The fourth-order valence-electron chi connectivity index (χ4n) is 2.21. The lowest BCUT2D eigenvalue weighted by atomic mass is 10.1. The summed E-state index contributed by atoms with van der Waals surface area (Å²) in [4.78, 5) is 51.6. The van der Waals surface area contributed by atoms with Crippen molar-refractivity contribution in [2.75, 3.05) is 18.6 Å². The number of hydrogen-bond donors (Lipinski definition) is 7. The summed E-state index contributed by atoms with van der Waals surface area (Å²) < 4.78 is 0. The van der Waals surface area contributed by atoms with E-state index in [9.17, 15) is 19.2 Å². The van der Waals surface area contributed by atoms with E-state index in [1.807, 2.05) is 6.26 Å². The second-order valence-electron chi connectivity index (χ2n) is 6.70. The van der Waals surface area contributed by atoms with E-state index in [1.54, 1.807) is 0 Å². The lowest BCUT2D eigenvalue weighted by Crippen LogP contribution is -2.56. The number of carboxylic acid groups (broad SMARTS) is 1. The molecule has 10 N–H and O–H groups in total. The molecule has 0 aromatic heterocycles. The van der Waals surface area contributed by atoms with Crippen molar-refractivity contribution >= 4 is 41.4 Å². The molecule has 0 aliphatic rings. The molecule has 0 aromatic rings. The zero-order valence-electron chi connectivity index (χ0n) is 17.5. The Morgan fingerprint density at radius 3 is 2.10 bits per heavy atom. The zero-order valence-corrected chi connectivity index (χ0v) is 18.3. The van der Waals surface area contributed by atoms with Gasteiger partial charge in [0.15, 0.2) is 5.96 Å². The first-order valence-electron chi connectivity index (χ1n) is 9.43. The van der Waals surface area contributed by atoms with Crippen molar-refractivity contribution in [2.45, 2.75) is 57.3 Å². The van der Waals surface area contributed by atoms with Crippen molar-refractivity contribution < 1.29 is 24.3 Å². The molecule has 0 aromatic carbocycles. The first kappa shape index (κ1) is 27.5. The summed E-state index contributed by atoms with van der Waals surface area (Å²) in [5, 5.41) is 16.3. The maximum atomic E-state index is 12.4. The molecule has 0 spiro atoms. The molecular formula is C17H33N7O5S. The summed E-state index contributed by atoms with van der Waals surface area (Å²) >= 11 is 1.47. The molecule has 0 aliphatic carbocycles. The molecule has 0 saturated carbocycles. The van der Waals surface area contributed by atoms with Crippen LogP contribution in [0.5, 0.6) is 0 Å². The van der Waals surface area contributed by atoms with Crippen LogP contribution < -0.4 is 33.2 Å². The first-order chi connectivity index (χ1) is 14.0. The van der Waals surface area contributed by atoms with Gasteiger partial charge in [-0.1, -0.05) is 0 Å². The molecule has 30 heavy (non-hydrogen) atoms. The Kier molecular flexibility index (Phi) is 13.2. The third kappa shape index (κ3) is 11.5. The average molecular weight is 448 g/mol. The van der Waals surface area contributed by atoms with Gasteiger partial charge >= 0.3 is 5.97 Å². The van der Waals surface area contributed by atoms with Crippen molar-refractivity contribution in [1.82, 2.24) is 16.0 Å². The smallest absolute Gasteiger partial charge is 0.325 e. The monoisotopic (exact) mass is 447 g/mol. The molecule has 0 heterocycles. The molecule has 0 radical (unpaired) electrons. The van der Waals surface area contributed by atoms with Crippen LogP contribution in [0, 0.1) is 0 Å². The topological polar surface area (TPSA) is 215 Å². The van der Waals surface area contributed by atoms with Gasteiger partial charge in [0, 0.05) is 6.54 Å². The van der Waals surface area contributed by atoms with Crippen LogP contribution in [0.25, 0.3) is 0 Å². The third-order valence-corrected chi connectivity index (χ3v) is 4.67. The SMILES string of the molecule is CSCCC(NC(=O)C(C)NC(=O)C(N)CCCN=C(N)N)C(=O)NC(C)C(=O)O. The van der Waals surface area contributed by atoms with E-state index in [1.165, 1.54) is 25.6 Å². The molecule has 3 amide bonds. The lowest BCUT2D eigenvalue weighted by Gasteiger charge is -2.22. The Hall–Kier alpha value is -2.54. The van der Waals surface area contributed by atoms with E-state index in [4.69, 9.17) is 22.3 Å². The number of nitrogens with two attached hydrogens (primary N) is 3. The van der Waals surface area contributed by atoms with Gasteiger partial charge in [0.05, 0.1) is 6.04 Å². The Morgan fingerprint density at radius 2 is 1.57 bits per heavy atom. The van der Waals surface area contributed by atoms with Gasteiger partial charge in [-0.05, 0) is 45.1 Å². The predicted molar refractivity (Wildman–Crippen MR) is 116 cm³/mol. The normalized spacial score (nSPS) is 14.5. The molecule has 4 atom stereocenters. The quantitative estimate of drug-likeness (QED) is 0.0864. The van der Waals surface area contributed by atoms with Crippen molar-refractivity contribution in [1.29, 1.82) is 0 Å². The number of hydrogen-bond acceptors (Lipinski definition) is 7. The van der Waals surface area contributed by atoms with E-state index in [2.05, 4.69) is 20.9 Å². The van der Waals surface area contributed by atoms with E-state index < -0.39 is 47.9 Å². The van der Waals surface area contributed by atoms with Crippen LogP contribution in [0.1, 0.15) is 33.1 Å². The van der Waals surface area contributed by atoms with Gasteiger partial charge in [0.25, 0.3) is 0 Å². The van der Waals surface area contributed by atoms with Gasteiger partial charge in [0.1, 0.15) is 18.1 Å². The maximum absolute atomic E-state index is 12.4. The molecule has 172 valence electrons. The van der Waals surface area contributed by atoms with Gasteiger partial charge in [-0.3, -0.25) is 24.2 Å². The highest BCUT2D eigenvalue weighted by Gasteiger charge is 2.27. The second-order valence-corrected chi connectivity index (χ2v) is 7.68. The highest BCUT2D eigenvalue weighted by atomic mass is 32.2. The number of guanidine groups is 1. The Labute approximate surface area is 180 Å². The summed E-state index contributed by atoms with van der Waals surface area (Å²) in [5.74, 6) is -2.38. The predicted octanol–water partition coefficient (Wildman–Crippen LogP) is -2.30. The van der Waals surface area contributed by atoms with Crippen LogP contribution in [0.2, 0.25) is 0 Å². The van der Waals surface area contributed by atoms with Crippen LogP contribution in [0.15, 0.2) is 4.99 Å². The number of nitrogens with zero attached hydrogens (tertiary/aromatic N) is 1. The molecule has 13 heteroatoms. The van der Waals surface area contributed by atoms with Gasteiger partial charge in [-0.15, -0.1) is 0 Å². The lowest BCUT2D eigenvalue weighted by molar-refractivity contribution is -0.141. The molecule has 0 aliphatic heterocycles. The van der Waals surface area contributed by atoms with Crippen LogP contribution in [0.4, 0.5) is 0 Å². The van der Waals surface area contributed by atoms with Gasteiger partial charge in [0.2, 0.25) is 17.7 Å². The largest absolute Gasteiger partial charge is 0.480 e. The third-order valence-electron chi connectivity index (χ3n) is 4.03. The Bertz CT molecular complexity index is 628. The molecule has 0 saturated heterocycles. The number of carbonyl (C=O) groups excluding carboxylic acids is 3. The van der Waals surface area contributed by atoms with Gasteiger partial charge < -0.3 is 38.3 Å². The van der Waals surface area contributed by atoms with Crippen molar-refractivity contribution in [3.63, 3.8) is 0 Å². The number of amides is 3. The van der Waals surface area contributed by atoms with Crippen molar-refractivity contribution in [3.8, 4) is 0 Å². The molecular weight excluding hydrogens is 414 g/mol. The summed E-state index contributed by atoms with van der Waals surface area (Å²) in [6.45, 7) is 3.12. The standard InChI is InChI=1S/C17H33N7O5S/c1-9(22-14(26)11(18)5-4-7-21-17(19)20)13(25)24-12(6-8-30-3)15(27)23-10(2)16(28)29/h9-12H,4-8,18H2,1-3H3,(H,22,26)(H,23,27)(H,24,25)(H,28,29)(H4,19,20,21). The number of aliphatic carboxylic acids is 1. The van der Waals surface area contributed by atoms with E-state index >= 15 is 0 Å². The van der Waals surface area contributed by atoms with E-state index in [-0.39, 0.29) is 5.96 Å². The number of nitrogens with one attached hydrogen (secondary N) is 3. The van der Waals surface area contributed by atoms with E-state index in [0.717, 1.165) is 0 Å². The molecule has 0 fully saturated rings. The van der Waals surface area contributed by atoms with E-state index in [0.29, 0.717) is 31.6 Å². The highest BCUT2D eigenvalue weighted by Crippen LogP contribution is 2.03. The molecule has 4 unspecified atom stereocenters. The Balaban J connectivity index is 4.74. The number of aliphatic imine (C=N–C) groups is 1. The minimum absolute atomic E-state index is 0.0453. The number of thioether (sulfide) groups is 1. The minimum atomic E-state index is -1.19. The summed E-state index contributed by atoms with van der Waals surface area (Å²) in [6, 6.07) is -3.82. The number of rotatable bonds is 14. The highest BCUT2D eigenvalue weighted by molar-refractivity contribution is 7.98. The molecule has 0 rings (SSSR count). The maximum Gasteiger partial charge on any atom is 0.325 e. The molecule has 0 bridgehead atoms. The first-order valence-corrected chi connectivity index (χ1v) is 10.8.